The number of hydrogen-bond donors (Lipinski definition) is 1. The normalized spacial score (nSPS) is 19.2. The minimum absolute atomic E-state index is 0.0214. The molecule has 0 aliphatic carbocycles. The summed E-state index contributed by atoms with van der Waals surface area (Å²) in [5.41, 5.74) is 0. The van der Waals surface area contributed by atoms with Crippen LogP contribution in [0.3, 0.4) is 0 Å². The highest BCUT2D eigenvalue weighted by molar-refractivity contribution is 5.81. The summed E-state index contributed by atoms with van der Waals surface area (Å²) < 4.78 is 0. The summed E-state index contributed by atoms with van der Waals surface area (Å²) in [4.78, 5) is 14.2. The van der Waals surface area contributed by atoms with Gasteiger partial charge in [-0.15, -0.1) is 0 Å². The van der Waals surface area contributed by atoms with Gasteiger partial charge in [-0.1, -0.05) is 26.7 Å². The van der Waals surface area contributed by atoms with Gasteiger partial charge < -0.3 is 10.2 Å². The van der Waals surface area contributed by atoms with Gasteiger partial charge in [0.1, 0.15) is 0 Å². The van der Waals surface area contributed by atoms with Gasteiger partial charge in [0.2, 0.25) is 5.91 Å². The fourth-order valence-electron chi connectivity index (χ4n) is 2.24. The van der Waals surface area contributed by atoms with Gasteiger partial charge in [-0.3, -0.25) is 4.79 Å². The molecule has 100 valence electrons. The van der Waals surface area contributed by atoms with E-state index in [2.05, 4.69) is 19.2 Å². The standard InChI is InChI=1S/C14H28N2O/c1-12(2)8-9-15-13(3)14(17)16-10-6-4-5-7-11-16/h12-13,15H,4-11H2,1-3H3. The number of amides is 1. The van der Waals surface area contributed by atoms with Crippen molar-refractivity contribution in [2.45, 2.75) is 58.9 Å². The van der Waals surface area contributed by atoms with Crippen molar-refractivity contribution in [2.24, 2.45) is 5.92 Å². The molecule has 1 saturated heterocycles. The van der Waals surface area contributed by atoms with Crippen molar-refractivity contribution in [3.8, 4) is 0 Å². The van der Waals surface area contributed by atoms with E-state index in [0.717, 1.165) is 26.1 Å². The molecular formula is C14H28N2O. The Balaban J connectivity index is 2.29. The van der Waals surface area contributed by atoms with Gasteiger partial charge in [0.25, 0.3) is 0 Å². The number of rotatable bonds is 5. The van der Waals surface area contributed by atoms with Crippen LogP contribution in [-0.4, -0.2) is 36.5 Å². The summed E-state index contributed by atoms with van der Waals surface area (Å²) >= 11 is 0. The van der Waals surface area contributed by atoms with E-state index < -0.39 is 0 Å². The summed E-state index contributed by atoms with van der Waals surface area (Å²) in [6, 6.07) is -0.0214. The van der Waals surface area contributed by atoms with Crippen molar-refractivity contribution in [1.82, 2.24) is 10.2 Å². The van der Waals surface area contributed by atoms with Crippen molar-refractivity contribution in [3.63, 3.8) is 0 Å². The number of nitrogens with one attached hydrogen (secondary N) is 1. The summed E-state index contributed by atoms with van der Waals surface area (Å²) in [6.45, 7) is 9.27. The van der Waals surface area contributed by atoms with Gasteiger partial charge in [-0.05, 0) is 38.6 Å². The SMILES string of the molecule is CC(C)CCNC(C)C(=O)N1CCCCCC1. The fourth-order valence-corrected chi connectivity index (χ4v) is 2.24. The van der Waals surface area contributed by atoms with Crippen molar-refractivity contribution >= 4 is 5.91 Å². The zero-order valence-electron chi connectivity index (χ0n) is 11.7. The lowest BCUT2D eigenvalue weighted by Crippen LogP contribution is -2.45. The smallest absolute Gasteiger partial charge is 0.239 e. The van der Waals surface area contributed by atoms with E-state index in [1.54, 1.807) is 0 Å². The largest absolute Gasteiger partial charge is 0.341 e. The second-order valence-electron chi connectivity index (χ2n) is 5.60. The lowest BCUT2D eigenvalue weighted by molar-refractivity contribution is -0.133. The van der Waals surface area contributed by atoms with Gasteiger partial charge in [-0.2, -0.15) is 0 Å². The minimum atomic E-state index is -0.0214. The van der Waals surface area contributed by atoms with E-state index in [0.29, 0.717) is 5.92 Å². The van der Waals surface area contributed by atoms with Crippen molar-refractivity contribution in [3.05, 3.63) is 0 Å². The Morgan fingerprint density at radius 2 is 1.71 bits per heavy atom. The number of likely N-dealkylation sites (tertiary alicyclic amines) is 1. The van der Waals surface area contributed by atoms with Crippen LogP contribution in [-0.2, 0) is 4.79 Å². The van der Waals surface area contributed by atoms with E-state index in [9.17, 15) is 4.79 Å². The van der Waals surface area contributed by atoms with Crippen LogP contribution in [0.5, 0.6) is 0 Å². The highest BCUT2D eigenvalue weighted by atomic mass is 16.2. The second kappa shape index (κ2) is 7.70. The molecule has 0 spiro atoms. The first-order valence-corrected chi connectivity index (χ1v) is 7.13. The van der Waals surface area contributed by atoms with E-state index in [1.165, 1.54) is 25.7 Å². The molecule has 1 rings (SSSR count). The molecule has 0 aromatic rings. The molecule has 1 N–H and O–H groups in total. The molecular weight excluding hydrogens is 212 g/mol. The molecule has 1 unspecified atom stereocenters. The third-order valence-electron chi connectivity index (χ3n) is 3.46. The van der Waals surface area contributed by atoms with Gasteiger partial charge in [0.15, 0.2) is 0 Å². The van der Waals surface area contributed by atoms with Crippen molar-refractivity contribution < 1.29 is 4.79 Å². The maximum Gasteiger partial charge on any atom is 0.239 e. The molecule has 3 heteroatoms. The summed E-state index contributed by atoms with van der Waals surface area (Å²) in [5.74, 6) is 0.985. The minimum Gasteiger partial charge on any atom is -0.341 e. The predicted octanol–water partition coefficient (Wildman–Crippen LogP) is 2.41. The average molecular weight is 240 g/mol. The molecule has 1 atom stereocenters. The summed E-state index contributed by atoms with van der Waals surface area (Å²) in [6.07, 6.45) is 6.03. The molecule has 3 nitrogen and oxygen atoms in total. The number of nitrogens with zero attached hydrogens (tertiary/aromatic N) is 1. The molecule has 0 bridgehead atoms. The second-order valence-corrected chi connectivity index (χ2v) is 5.60. The van der Waals surface area contributed by atoms with Gasteiger partial charge in [-0.25, -0.2) is 0 Å². The number of carbonyl (C=O) groups is 1. The van der Waals surface area contributed by atoms with Crippen LogP contribution in [0, 0.1) is 5.92 Å². The highest BCUT2D eigenvalue weighted by Crippen LogP contribution is 2.10. The fraction of sp³-hybridized carbons (Fsp3) is 0.929. The first-order chi connectivity index (χ1) is 8.11. The lowest BCUT2D eigenvalue weighted by Gasteiger charge is -2.24. The predicted molar refractivity (Wildman–Crippen MR) is 72.0 cm³/mol. The molecule has 1 amide bonds. The highest BCUT2D eigenvalue weighted by Gasteiger charge is 2.20. The van der Waals surface area contributed by atoms with Gasteiger partial charge in [0, 0.05) is 13.1 Å². The lowest BCUT2D eigenvalue weighted by atomic mass is 10.1. The van der Waals surface area contributed by atoms with Crippen LogP contribution in [0.25, 0.3) is 0 Å². The summed E-state index contributed by atoms with van der Waals surface area (Å²) in [5, 5.41) is 3.34. The zero-order valence-corrected chi connectivity index (χ0v) is 11.7. The van der Waals surface area contributed by atoms with E-state index in [1.807, 2.05) is 11.8 Å². The molecule has 17 heavy (non-hydrogen) atoms. The van der Waals surface area contributed by atoms with Crippen LogP contribution in [0.15, 0.2) is 0 Å². The van der Waals surface area contributed by atoms with Gasteiger partial charge >= 0.3 is 0 Å². The molecule has 1 heterocycles. The molecule has 1 aliphatic heterocycles. The Morgan fingerprint density at radius 1 is 1.12 bits per heavy atom. The Hall–Kier alpha value is -0.570. The Kier molecular flexibility index (Phi) is 6.56. The van der Waals surface area contributed by atoms with Gasteiger partial charge in [0.05, 0.1) is 6.04 Å². The molecule has 0 aromatic carbocycles. The first-order valence-electron chi connectivity index (χ1n) is 7.13. The third-order valence-corrected chi connectivity index (χ3v) is 3.46. The molecule has 1 aliphatic rings. The average Bonchev–Trinajstić information content (AvgIpc) is 2.55. The molecule has 0 radical (unpaired) electrons. The van der Waals surface area contributed by atoms with E-state index >= 15 is 0 Å². The Labute approximate surface area is 106 Å². The number of carbonyl (C=O) groups excluding carboxylic acids is 1. The quantitative estimate of drug-likeness (QED) is 0.800. The Morgan fingerprint density at radius 3 is 2.24 bits per heavy atom. The van der Waals surface area contributed by atoms with Crippen LogP contribution in [0.4, 0.5) is 0 Å². The van der Waals surface area contributed by atoms with E-state index in [4.69, 9.17) is 0 Å². The van der Waals surface area contributed by atoms with Crippen LogP contribution in [0.2, 0.25) is 0 Å². The third kappa shape index (κ3) is 5.53. The molecule has 0 aromatic heterocycles. The summed E-state index contributed by atoms with van der Waals surface area (Å²) in [7, 11) is 0. The molecule has 0 saturated carbocycles. The van der Waals surface area contributed by atoms with Crippen LogP contribution < -0.4 is 5.32 Å². The van der Waals surface area contributed by atoms with Crippen LogP contribution >= 0.6 is 0 Å². The van der Waals surface area contributed by atoms with E-state index in [-0.39, 0.29) is 11.9 Å². The van der Waals surface area contributed by atoms with Crippen molar-refractivity contribution in [1.29, 1.82) is 0 Å². The zero-order chi connectivity index (χ0) is 12.7. The monoisotopic (exact) mass is 240 g/mol. The first kappa shape index (κ1) is 14.5. The van der Waals surface area contributed by atoms with Crippen molar-refractivity contribution in [2.75, 3.05) is 19.6 Å². The molecule has 1 fully saturated rings. The van der Waals surface area contributed by atoms with Crippen LogP contribution in [0.1, 0.15) is 52.9 Å². The topological polar surface area (TPSA) is 32.3 Å². The maximum absolute atomic E-state index is 12.2. The number of hydrogen-bond acceptors (Lipinski definition) is 2. The Bertz CT molecular complexity index is 220. The maximum atomic E-state index is 12.2.